The third kappa shape index (κ3) is 3.64. The molecule has 4 heteroatoms. The summed E-state index contributed by atoms with van der Waals surface area (Å²) in [5.74, 6) is -0.345. The average Bonchev–Trinajstić information content (AvgIpc) is 2.80. The number of hydrogen-bond acceptors (Lipinski definition) is 2. The summed E-state index contributed by atoms with van der Waals surface area (Å²) < 4.78 is 2.27. The molecule has 0 bridgehead atoms. The van der Waals surface area contributed by atoms with Gasteiger partial charge in [-0.05, 0) is 46.0 Å². The van der Waals surface area contributed by atoms with E-state index < -0.39 is 0 Å². The Hall–Kier alpha value is -2.07. The van der Waals surface area contributed by atoms with Crippen molar-refractivity contribution in [2.24, 2.45) is 5.73 Å². The molecular weight excluding hydrogens is 286 g/mol. The van der Waals surface area contributed by atoms with Gasteiger partial charge in [0, 0.05) is 23.5 Å². The van der Waals surface area contributed by atoms with Crippen LogP contribution in [0, 0.1) is 6.92 Å². The fraction of sp³-hybridized carbons (Fsp3) is 0.421. The zero-order chi connectivity index (χ0) is 17.0. The van der Waals surface area contributed by atoms with Crippen LogP contribution < -0.4 is 5.73 Å². The SMILES string of the molecule is CCc1c(-c2ccccc2)c(C(N)=O)c(C)n1CCCN(C)C. The van der Waals surface area contributed by atoms with E-state index in [-0.39, 0.29) is 5.91 Å². The molecule has 0 spiro atoms. The topological polar surface area (TPSA) is 51.3 Å². The molecule has 0 fully saturated rings. The average molecular weight is 313 g/mol. The van der Waals surface area contributed by atoms with E-state index in [0.29, 0.717) is 5.56 Å². The molecule has 1 aromatic heterocycles. The van der Waals surface area contributed by atoms with Gasteiger partial charge in [0.15, 0.2) is 0 Å². The standard InChI is InChI=1S/C19H27N3O/c1-5-16-18(15-10-7-6-8-11-15)17(19(20)23)14(2)22(16)13-9-12-21(3)4/h6-8,10-11H,5,9,12-13H2,1-4H3,(H2,20,23). The van der Waals surface area contributed by atoms with Crippen molar-refractivity contribution >= 4 is 5.91 Å². The molecule has 2 aromatic rings. The van der Waals surface area contributed by atoms with E-state index in [1.807, 2.05) is 37.3 Å². The third-order valence-electron chi connectivity index (χ3n) is 4.26. The second-order valence-corrected chi connectivity index (χ2v) is 6.17. The molecule has 4 nitrogen and oxygen atoms in total. The van der Waals surface area contributed by atoms with Crippen LogP contribution in [0.25, 0.3) is 11.1 Å². The van der Waals surface area contributed by atoms with Gasteiger partial charge in [-0.1, -0.05) is 37.3 Å². The van der Waals surface area contributed by atoms with E-state index in [4.69, 9.17) is 5.73 Å². The first-order valence-electron chi connectivity index (χ1n) is 8.19. The van der Waals surface area contributed by atoms with Gasteiger partial charge in [0.2, 0.25) is 0 Å². The zero-order valence-corrected chi connectivity index (χ0v) is 14.6. The van der Waals surface area contributed by atoms with E-state index in [9.17, 15) is 4.79 Å². The predicted octanol–water partition coefficient (Wildman–Crippen LogP) is 3.08. The Morgan fingerprint density at radius 2 is 1.87 bits per heavy atom. The lowest BCUT2D eigenvalue weighted by Gasteiger charge is -2.14. The smallest absolute Gasteiger partial charge is 0.251 e. The highest BCUT2D eigenvalue weighted by molar-refractivity contribution is 6.02. The molecule has 23 heavy (non-hydrogen) atoms. The monoisotopic (exact) mass is 313 g/mol. The largest absolute Gasteiger partial charge is 0.366 e. The lowest BCUT2D eigenvalue weighted by molar-refractivity contribution is 0.1000. The molecule has 0 saturated heterocycles. The number of benzene rings is 1. The second kappa shape index (κ2) is 7.47. The van der Waals surface area contributed by atoms with Crippen LogP contribution in [-0.4, -0.2) is 36.0 Å². The van der Waals surface area contributed by atoms with Crippen LogP contribution in [0.2, 0.25) is 0 Å². The predicted molar refractivity (Wildman–Crippen MR) is 95.7 cm³/mol. The Morgan fingerprint density at radius 1 is 1.22 bits per heavy atom. The fourth-order valence-electron chi connectivity index (χ4n) is 3.23. The Bertz CT molecular complexity index is 672. The van der Waals surface area contributed by atoms with E-state index >= 15 is 0 Å². The minimum atomic E-state index is -0.345. The zero-order valence-electron chi connectivity index (χ0n) is 14.6. The van der Waals surface area contributed by atoms with Gasteiger partial charge in [0.25, 0.3) is 5.91 Å². The van der Waals surface area contributed by atoms with Gasteiger partial charge in [-0.15, -0.1) is 0 Å². The molecule has 0 unspecified atom stereocenters. The summed E-state index contributed by atoms with van der Waals surface area (Å²) in [5, 5.41) is 0. The van der Waals surface area contributed by atoms with Crippen molar-refractivity contribution in [3.63, 3.8) is 0 Å². The van der Waals surface area contributed by atoms with Gasteiger partial charge in [0.1, 0.15) is 0 Å². The van der Waals surface area contributed by atoms with Crippen molar-refractivity contribution in [2.45, 2.75) is 33.2 Å². The van der Waals surface area contributed by atoms with Crippen LogP contribution in [-0.2, 0) is 13.0 Å². The summed E-state index contributed by atoms with van der Waals surface area (Å²) in [7, 11) is 4.15. The van der Waals surface area contributed by atoms with Crippen molar-refractivity contribution in [3.8, 4) is 11.1 Å². The molecule has 0 aliphatic carbocycles. The number of amides is 1. The molecule has 2 N–H and O–H groups in total. The molecule has 0 aliphatic rings. The van der Waals surface area contributed by atoms with Crippen LogP contribution in [0.15, 0.2) is 30.3 Å². The van der Waals surface area contributed by atoms with Gasteiger partial charge in [-0.3, -0.25) is 4.79 Å². The quantitative estimate of drug-likeness (QED) is 0.854. The minimum Gasteiger partial charge on any atom is -0.366 e. The summed E-state index contributed by atoms with van der Waals surface area (Å²) in [4.78, 5) is 14.3. The number of hydrogen-bond donors (Lipinski definition) is 1. The lowest BCUT2D eigenvalue weighted by Crippen LogP contribution is -2.17. The molecule has 1 heterocycles. The van der Waals surface area contributed by atoms with Gasteiger partial charge in [-0.25, -0.2) is 0 Å². The van der Waals surface area contributed by atoms with E-state index in [1.165, 1.54) is 5.69 Å². The molecular formula is C19H27N3O. The Morgan fingerprint density at radius 3 is 2.39 bits per heavy atom. The van der Waals surface area contributed by atoms with Gasteiger partial charge < -0.3 is 15.2 Å². The Labute approximate surface area is 138 Å². The fourth-order valence-corrected chi connectivity index (χ4v) is 3.23. The first-order valence-corrected chi connectivity index (χ1v) is 8.19. The summed E-state index contributed by atoms with van der Waals surface area (Å²) in [6, 6.07) is 10.1. The number of carbonyl (C=O) groups is 1. The maximum atomic E-state index is 12.1. The molecule has 124 valence electrons. The molecule has 0 saturated carbocycles. The van der Waals surface area contributed by atoms with Crippen molar-refractivity contribution in [1.82, 2.24) is 9.47 Å². The minimum absolute atomic E-state index is 0.345. The maximum absolute atomic E-state index is 12.1. The van der Waals surface area contributed by atoms with E-state index in [0.717, 1.165) is 42.8 Å². The van der Waals surface area contributed by atoms with Crippen molar-refractivity contribution < 1.29 is 4.79 Å². The maximum Gasteiger partial charge on any atom is 0.251 e. The molecule has 1 amide bonds. The number of nitrogens with zero attached hydrogens (tertiary/aromatic N) is 2. The highest BCUT2D eigenvalue weighted by Gasteiger charge is 2.23. The van der Waals surface area contributed by atoms with Crippen LogP contribution in [0.3, 0.4) is 0 Å². The number of carbonyl (C=O) groups excluding carboxylic acids is 1. The van der Waals surface area contributed by atoms with Crippen LogP contribution in [0.5, 0.6) is 0 Å². The number of rotatable bonds is 7. The third-order valence-corrected chi connectivity index (χ3v) is 4.26. The van der Waals surface area contributed by atoms with Gasteiger partial charge in [-0.2, -0.15) is 0 Å². The first-order chi connectivity index (χ1) is 11.0. The summed E-state index contributed by atoms with van der Waals surface area (Å²) in [6.45, 7) is 6.06. The van der Waals surface area contributed by atoms with Gasteiger partial charge >= 0.3 is 0 Å². The number of primary amides is 1. The highest BCUT2D eigenvalue weighted by Crippen LogP contribution is 2.33. The van der Waals surface area contributed by atoms with Gasteiger partial charge in [0.05, 0.1) is 5.56 Å². The van der Waals surface area contributed by atoms with E-state index in [1.54, 1.807) is 0 Å². The molecule has 0 radical (unpaired) electrons. The molecule has 1 aromatic carbocycles. The Kier molecular flexibility index (Phi) is 5.61. The van der Waals surface area contributed by atoms with Crippen molar-refractivity contribution in [3.05, 3.63) is 47.3 Å². The summed E-state index contributed by atoms with van der Waals surface area (Å²) in [5.41, 5.74) is 10.6. The van der Waals surface area contributed by atoms with Crippen LogP contribution in [0.1, 0.15) is 35.1 Å². The molecule has 2 rings (SSSR count). The summed E-state index contributed by atoms with van der Waals surface area (Å²) in [6.07, 6.45) is 1.92. The molecule has 0 aliphatic heterocycles. The normalized spacial score (nSPS) is 11.2. The van der Waals surface area contributed by atoms with Crippen LogP contribution in [0.4, 0.5) is 0 Å². The number of nitrogens with two attached hydrogens (primary N) is 1. The first kappa shape index (κ1) is 17.3. The van der Waals surface area contributed by atoms with Crippen molar-refractivity contribution in [1.29, 1.82) is 0 Å². The van der Waals surface area contributed by atoms with Crippen LogP contribution >= 0.6 is 0 Å². The van der Waals surface area contributed by atoms with E-state index in [2.05, 4.69) is 30.5 Å². The molecule has 0 atom stereocenters. The summed E-state index contributed by atoms with van der Waals surface area (Å²) >= 11 is 0. The second-order valence-electron chi connectivity index (χ2n) is 6.17. The lowest BCUT2D eigenvalue weighted by atomic mass is 9.99. The Balaban J connectivity index is 2.54. The highest BCUT2D eigenvalue weighted by atomic mass is 16.1. The number of aromatic nitrogens is 1. The van der Waals surface area contributed by atoms with Crippen molar-refractivity contribution in [2.75, 3.05) is 20.6 Å².